The first-order valence-corrected chi connectivity index (χ1v) is 13.9. The van der Waals surface area contributed by atoms with Crippen LogP contribution in [0.2, 0.25) is 0 Å². The van der Waals surface area contributed by atoms with Crippen LogP contribution < -0.4 is 21.3 Å². The zero-order valence-electron chi connectivity index (χ0n) is 25.3. The summed E-state index contributed by atoms with van der Waals surface area (Å²) in [6, 6.07) is 0. The van der Waals surface area contributed by atoms with Crippen LogP contribution in [0.5, 0.6) is 0 Å². The molecule has 220 valence electrons. The predicted octanol–water partition coefficient (Wildman–Crippen LogP) is 4.46. The topological polar surface area (TPSA) is 96.0 Å². The Morgan fingerprint density at radius 2 is 1.87 bits per heavy atom. The van der Waals surface area contributed by atoms with Gasteiger partial charge in [-0.3, -0.25) is 9.79 Å². The van der Waals surface area contributed by atoms with Gasteiger partial charge in [-0.2, -0.15) is 0 Å². The van der Waals surface area contributed by atoms with E-state index in [1.165, 1.54) is 0 Å². The van der Waals surface area contributed by atoms with Crippen LogP contribution in [0.1, 0.15) is 54.9 Å². The summed E-state index contributed by atoms with van der Waals surface area (Å²) in [6.45, 7) is 20.0. The number of nitrogens with one attached hydrogen (secondary N) is 4. The monoisotopic (exact) mass is 543 g/mol. The smallest absolute Gasteiger partial charge is 0.290 e. The number of aliphatic imine (C=N–C) groups is 1. The minimum atomic E-state index is -0.287. The Morgan fingerprint density at radius 1 is 1.13 bits per heavy atom. The number of allylic oxidation sites excluding steroid dienone is 5. The van der Waals surface area contributed by atoms with Crippen molar-refractivity contribution in [3.63, 3.8) is 0 Å². The van der Waals surface area contributed by atoms with Gasteiger partial charge in [0.05, 0.1) is 6.61 Å². The van der Waals surface area contributed by atoms with E-state index in [1.807, 2.05) is 33.8 Å². The lowest BCUT2D eigenvalue weighted by molar-refractivity contribution is -0.120. The molecule has 1 aliphatic rings. The van der Waals surface area contributed by atoms with E-state index in [-0.39, 0.29) is 11.7 Å². The molecule has 4 N–H and O–H groups in total. The van der Waals surface area contributed by atoms with Crippen molar-refractivity contribution in [2.45, 2.75) is 54.9 Å². The summed E-state index contributed by atoms with van der Waals surface area (Å²) in [6.07, 6.45) is 22.3. The second kappa shape index (κ2) is 27.9. The predicted molar refractivity (Wildman–Crippen MR) is 166 cm³/mol. The minimum absolute atomic E-state index is 0.287. The molecule has 1 rings (SSSR count). The molecule has 0 fully saturated rings. The van der Waals surface area contributed by atoms with Crippen molar-refractivity contribution < 1.29 is 14.3 Å². The van der Waals surface area contributed by atoms with Crippen molar-refractivity contribution in [3.05, 3.63) is 59.3 Å². The van der Waals surface area contributed by atoms with Gasteiger partial charge in [0.15, 0.2) is 5.76 Å². The zero-order valence-corrected chi connectivity index (χ0v) is 25.3. The van der Waals surface area contributed by atoms with Gasteiger partial charge in [-0.15, -0.1) is 12.8 Å². The summed E-state index contributed by atoms with van der Waals surface area (Å²) >= 11 is 0. The number of hydrogen-bond acceptors (Lipinski definition) is 7. The Bertz CT molecular complexity index is 838. The van der Waals surface area contributed by atoms with Crippen LogP contribution in [-0.2, 0) is 14.3 Å². The molecule has 0 radical (unpaired) electrons. The van der Waals surface area contributed by atoms with Crippen molar-refractivity contribution in [1.29, 1.82) is 0 Å². The van der Waals surface area contributed by atoms with Crippen LogP contribution in [0.25, 0.3) is 0 Å². The Balaban J connectivity index is 0. The lowest BCUT2D eigenvalue weighted by Gasteiger charge is -2.18. The van der Waals surface area contributed by atoms with Crippen LogP contribution in [0.15, 0.2) is 64.3 Å². The van der Waals surface area contributed by atoms with Gasteiger partial charge in [-0.1, -0.05) is 39.0 Å². The van der Waals surface area contributed by atoms with Crippen molar-refractivity contribution in [3.8, 4) is 12.8 Å². The highest BCUT2D eigenvalue weighted by molar-refractivity contribution is 5.92. The molecule has 0 aromatic rings. The number of likely N-dealkylation sites (N-methyl/N-ethyl adjacent to an activating group) is 1. The van der Waals surface area contributed by atoms with Gasteiger partial charge in [0, 0.05) is 56.6 Å². The maximum Gasteiger partial charge on any atom is 0.290 e. The molecule has 8 heteroatoms. The van der Waals surface area contributed by atoms with Crippen molar-refractivity contribution >= 4 is 12.1 Å². The lowest BCUT2D eigenvalue weighted by atomic mass is 9.97. The summed E-state index contributed by atoms with van der Waals surface area (Å²) < 4.78 is 11.1. The molecule has 1 atom stereocenters. The number of nitrogens with zero attached hydrogens (tertiary/aromatic N) is 1. The number of carbonyl (C=O) groups is 1. The van der Waals surface area contributed by atoms with E-state index in [0.29, 0.717) is 18.2 Å². The molecule has 0 saturated carbocycles. The Labute approximate surface area is 238 Å². The molecule has 0 saturated heterocycles. The molecule has 1 aliphatic carbocycles. The third-order valence-corrected chi connectivity index (χ3v) is 5.12. The summed E-state index contributed by atoms with van der Waals surface area (Å²) in [4.78, 5) is 16.8. The second-order valence-electron chi connectivity index (χ2n) is 8.17. The third-order valence-electron chi connectivity index (χ3n) is 5.12. The van der Waals surface area contributed by atoms with Crippen LogP contribution >= 0.6 is 0 Å². The number of terminal acetylenes is 1. The highest BCUT2D eigenvalue weighted by atomic mass is 16.5. The fraction of sp³-hybridized carbons (Fsp3) is 0.548. The number of carbonyl (C=O) groups excluding carboxylic acids is 1. The van der Waals surface area contributed by atoms with Gasteiger partial charge >= 0.3 is 0 Å². The van der Waals surface area contributed by atoms with E-state index in [4.69, 9.17) is 9.47 Å². The van der Waals surface area contributed by atoms with Crippen molar-refractivity contribution in [2.24, 2.45) is 10.9 Å². The quantitative estimate of drug-likeness (QED) is 0.0670. The molecule has 0 bridgehead atoms. The van der Waals surface area contributed by atoms with Gasteiger partial charge in [0.25, 0.3) is 5.91 Å². The summed E-state index contributed by atoms with van der Waals surface area (Å²) in [5, 5.41) is 12.8. The van der Waals surface area contributed by atoms with E-state index in [1.54, 1.807) is 32.3 Å². The molecule has 0 aromatic heterocycles. The Morgan fingerprint density at radius 3 is 2.49 bits per heavy atom. The molecule has 39 heavy (non-hydrogen) atoms. The molecule has 0 spiro atoms. The number of rotatable bonds is 18. The van der Waals surface area contributed by atoms with Crippen molar-refractivity contribution in [2.75, 3.05) is 52.5 Å². The van der Waals surface area contributed by atoms with E-state index in [9.17, 15) is 4.79 Å². The normalized spacial score (nSPS) is 15.5. The maximum atomic E-state index is 12.5. The van der Waals surface area contributed by atoms with Crippen LogP contribution in [-0.4, -0.2) is 64.7 Å². The van der Waals surface area contributed by atoms with E-state index < -0.39 is 0 Å². The molecule has 0 heterocycles. The van der Waals surface area contributed by atoms with Gasteiger partial charge in [-0.25, -0.2) is 0 Å². The van der Waals surface area contributed by atoms with E-state index >= 15 is 0 Å². The summed E-state index contributed by atoms with van der Waals surface area (Å²) in [5.74, 6) is 0.465. The first-order chi connectivity index (χ1) is 19.0. The lowest BCUT2D eigenvalue weighted by Crippen LogP contribution is -2.26. The number of hydrogen-bond donors (Lipinski definition) is 4. The third kappa shape index (κ3) is 21.5. The average Bonchev–Trinajstić information content (AvgIpc) is 2.96. The largest absolute Gasteiger partial charge is 0.483 e. The first-order valence-electron chi connectivity index (χ1n) is 13.9. The SMILES string of the molecule is C#C.C/C=C(\OCC1=CCC(CNCCOCC)C=C1)C(=O)N/C(C)=C/N=C/C=C(\C)NCCNCC.CC. The standard InChI is InChI=1S/C27H45N5O3.C2H6.C2H2/c1-6-26(35-21-25-11-9-24(10-12-25)20-30-17-18-34-8-3)27(33)32-23(5)19-29-14-13-22(4)31-16-15-28-7-2;2*1-2/h6,9,11-14,19,24,28,30-31H,7-8,10,15-18,20-21H2,1-5H3,(H,32,33);1-2H3;1-2H/b22-13+,23-19+,26-6-,29-14+;;. The van der Waals surface area contributed by atoms with Crippen LogP contribution in [0.3, 0.4) is 0 Å². The fourth-order valence-corrected chi connectivity index (χ4v) is 3.15. The number of amides is 1. The summed E-state index contributed by atoms with van der Waals surface area (Å²) in [7, 11) is 0. The van der Waals surface area contributed by atoms with Gasteiger partial charge in [-0.05, 0) is 64.3 Å². The van der Waals surface area contributed by atoms with E-state index in [2.05, 4.69) is 64.3 Å². The van der Waals surface area contributed by atoms with Gasteiger partial charge < -0.3 is 30.7 Å². The Hall–Kier alpha value is -3.12. The maximum absolute atomic E-state index is 12.5. The minimum Gasteiger partial charge on any atom is -0.483 e. The van der Waals surface area contributed by atoms with Crippen molar-refractivity contribution in [1.82, 2.24) is 21.3 Å². The van der Waals surface area contributed by atoms with Gasteiger partial charge in [0.2, 0.25) is 0 Å². The Kier molecular flexibility index (Phi) is 27.2. The molecule has 8 nitrogen and oxygen atoms in total. The highest BCUT2D eigenvalue weighted by Gasteiger charge is 2.13. The summed E-state index contributed by atoms with van der Waals surface area (Å²) in [5.41, 5.74) is 2.74. The molecule has 1 unspecified atom stereocenters. The first kappa shape index (κ1) is 38.0. The molecular weight excluding hydrogens is 490 g/mol. The molecule has 1 amide bonds. The zero-order chi connectivity index (χ0) is 29.7. The highest BCUT2D eigenvalue weighted by Crippen LogP contribution is 2.17. The molecule has 0 aromatic carbocycles. The fourth-order valence-electron chi connectivity index (χ4n) is 3.15. The molecule has 0 aliphatic heterocycles. The van der Waals surface area contributed by atoms with Gasteiger partial charge in [0.1, 0.15) is 6.61 Å². The average molecular weight is 544 g/mol. The second-order valence-corrected chi connectivity index (χ2v) is 8.17. The number of ether oxygens (including phenoxy) is 2. The van der Waals surface area contributed by atoms with Crippen LogP contribution in [0, 0.1) is 18.8 Å². The van der Waals surface area contributed by atoms with E-state index in [0.717, 1.165) is 63.6 Å². The molecular formula is C31H53N5O3. The van der Waals surface area contributed by atoms with Crippen LogP contribution in [0.4, 0.5) is 0 Å².